The van der Waals surface area contributed by atoms with Crippen molar-refractivity contribution in [1.82, 2.24) is 14.5 Å². The number of nitrogens with one attached hydrogen (secondary N) is 1. The van der Waals surface area contributed by atoms with Crippen LogP contribution in [-0.2, 0) is 17.8 Å². The molecule has 0 aliphatic heterocycles. The molecule has 10 heteroatoms. The molecule has 10 nitrogen and oxygen atoms in total. The van der Waals surface area contributed by atoms with Crippen molar-refractivity contribution in [3.8, 4) is 28.7 Å². The fourth-order valence-electron chi connectivity index (χ4n) is 4.24. The summed E-state index contributed by atoms with van der Waals surface area (Å²) in [6, 6.07) is 17.0. The van der Waals surface area contributed by atoms with E-state index < -0.39 is 11.2 Å². The molecule has 0 saturated carbocycles. The Bertz CT molecular complexity index is 1590. The Labute approximate surface area is 218 Å². The second-order valence-corrected chi connectivity index (χ2v) is 8.35. The number of carbonyl (C=O) groups excluding carboxylic acids is 1. The number of methoxy groups -OCH3 is 4. The van der Waals surface area contributed by atoms with Gasteiger partial charge in [0, 0.05) is 12.6 Å². The highest BCUT2D eigenvalue weighted by molar-refractivity contribution is 5.82. The van der Waals surface area contributed by atoms with E-state index >= 15 is 0 Å². The third-order valence-electron chi connectivity index (χ3n) is 6.16. The zero-order valence-corrected chi connectivity index (χ0v) is 21.6. The predicted octanol–water partition coefficient (Wildman–Crippen LogP) is 2.55. The van der Waals surface area contributed by atoms with Gasteiger partial charge in [0.05, 0.1) is 45.0 Å². The van der Waals surface area contributed by atoms with Gasteiger partial charge >= 0.3 is 5.69 Å². The Morgan fingerprint density at radius 3 is 2.26 bits per heavy atom. The Balaban J connectivity index is 1.64. The fraction of sp³-hybridized carbons (Fsp3) is 0.250. The van der Waals surface area contributed by atoms with Gasteiger partial charge in [-0.3, -0.25) is 14.2 Å². The van der Waals surface area contributed by atoms with Gasteiger partial charge in [0.2, 0.25) is 5.91 Å². The van der Waals surface area contributed by atoms with E-state index in [1.54, 1.807) is 62.8 Å². The van der Waals surface area contributed by atoms with E-state index in [0.29, 0.717) is 41.1 Å². The van der Waals surface area contributed by atoms with Crippen LogP contribution < -0.4 is 35.5 Å². The van der Waals surface area contributed by atoms with Gasteiger partial charge in [0.1, 0.15) is 18.0 Å². The van der Waals surface area contributed by atoms with Crippen LogP contribution in [0.15, 0.2) is 70.3 Å². The van der Waals surface area contributed by atoms with E-state index in [1.165, 1.54) is 18.8 Å². The number of hydrogen-bond acceptors (Lipinski definition) is 7. The van der Waals surface area contributed by atoms with E-state index in [9.17, 15) is 14.4 Å². The highest BCUT2D eigenvalue weighted by atomic mass is 16.5. The van der Waals surface area contributed by atoms with E-state index in [4.69, 9.17) is 18.9 Å². The number of amides is 1. The Morgan fingerprint density at radius 2 is 1.55 bits per heavy atom. The summed E-state index contributed by atoms with van der Waals surface area (Å²) >= 11 is 0. The standard InChI is InChI=1S/C28H29N3O7/c1-35-19-10-11-22(24(16-19)37-3)31-27(33)20-7-5-6-8-21(20)30(28(31)34)17-26(32)29-14-13-18-9-12-23(36-2)25(15-18)38-4/h5-12,15-16H,13-14,17H2,1-4H3,(H,29,32). The molecule has 0 bridgehead atoms. The van der Waals surface area contributed by atoms with Crippen LogP contribution in [0.25, 0.3) is 16.6 Å². The van der Waals surface area contributed by atoms with Crippen molar-refractivity contribution < 1.29 is 23.7 Å². The summed E-state index contributed by atoms with van der Waals surface area (Å²) in [4.78, 5) is 39.9. The van der Waals surface area contributed by atoms with Crippen molar-refractivity contribution in [2.75, 3.05) is 35.0 Å². The minimum Gasteiger partial charge on any atom is -0.497 e. The second-order valence-electron chi connectivity index (χ2n) is 8.35. The van der Waals surface area contributed by atoms with Crippen LogP contribution in [0.4, 0.5) is 0 Å². The molecule has 0 radical (unpaired) electrons. The first kappa shape index (κ1) is 26.3. The molecule has 0 atom stereocenters. The van der Waals surface area contributed by atoms with Gasteiger partial charge in [-0.2, -0.15) is 0 Å². The van der Waals surface area contributed by atoms with Crippen molar-refractivity contribution in [2.45, 2.75) is 13.0 Å². The maximum atomic E-state index is 13.6. The summed E-state index contributed by atoms with van der Waals surface area (Å²) in [5.74, 6) is 1.64. The fourth-order valence-corrected chi connectivity index (χ4v) is 4.24. The number of para-hydroxylation sites is 1. The minimum atomic E-state index is -0.660. The SMILES string of the molecule is COc1ccc(-n2c(=O)c3ccccc3n(CC(=O)NCCc3ccc(OC)c(OC)c3)c2=O)c(OC)c1. The first-order chi connectivity index (χ1) is 18.4. The highest BCUT2D eigenvalue weighted by Gasteiger charge is 2.19. The summed E-state index contributed by atoms with van der Waals surface area (Å²) in [5, 5.41) is 3.14. The van der Waals surface area contributed by atoms with E-state index in [1.807, 2.05) is 12.1 Å². The van der Waals surface area contributed by atoms with Crippen LogP contribution in [0.3, 0.4) is 0 Å². The molecule has 3 aromatic carbocycles. The molecule has 38 heavy (non-hydrogen) atoms. The topological polar surface area (TPSA) is 110 Å². The molecule has 1 N–H and O–H groups in total. The van der Waals surface area contributed by atoms with E-state index in [-0.39, 0.29) is 23.9 Å². The van der Waals surface area contributed by atoms with Crippen molar-refractivity contribution >= 4 is 16.8 Å². The van der Waals surface area contributed by atoms with Crippen LogP contribution >= 0.6 is 0 Å². The summed E-state index contributed by atoms with van der Waals surface area (Å²) in [5.41, 5.74) is 0.384. The molecule has 0 fully saturated rings. The summed E-state index contributed by atoms with van der Waals surface area (Å²) in [6.07, 6.45) is 0.546. The lowest BCUT2D eigenvalue weighted by Gasteiger charge is -2.16. The molecular formula is C28H29N3O7. The van der Waals surface area contributed by atoms with Gasteiger partial charge in [0.15, 0.2) is 11.5 Å². The van der Waals surface area contributed by atoms with E-state index in [0.717, 1.165) is 10.1 Å². The summed E-state index contributed by atoms with van der Waals surface area (Å²) in [6.45, 7) is 0.0664. The van der Waals surface area contributed by atoms with Crippen LogP contribution in [-0.4, -0.2) is 50.0 Å². The first-order valence-electron chi connectivity index (χ1n) is 11.9. The summed E-state index contributed by atoms with van der Waals surface area (Å²) in [7, 11) is 6.08. The zero-order valence-electron chi connectivity index (χ0n) is 21.6. The molecular weight excluding hydrogens is 490 g/mol. The van der Waals surface area contributed by atoms with Crippen molar-refractivity contribution in [1.29, 1.82) is 0 Å². The lowest BCUT2D eigenvalue weighted by Crippen LogP contribution is -2.42. The lowest BCUT2D eigenvalue weighted by molar-refractivity contribution is -0.121. The number of nitrogens with zero attached hydrogens (tertiary/aromatic N) is 2. The maximum absolute atomic E-state index is 13.6. The number of rotatable bonds is 10. The monoisotopic (exact) mass is 519 g/mol. The molecule has 0 aliphatic carbocycles. The quantitative estimate of drug-likeness (QED) is 0.343. The third-order valence-corrected chi connectivity index (χ3v) is 6.16. The normalized spacial score (nSPS) is 10.7. The maximum Gasteiger partial charge on any atom is 0.336 e. The molecule has 1 amide bonds. The van der Waals surface area contributed by atoms with Crippen molar-refractivity contribution in [3.05, 3.63) is 87.1 Å². The molecule has 1 aromatic heterocycles. The smallest absolute Gasteiger partial charge is 0.336 e. The number of hydrogen-bond donors (Lipinski definition) is 1. The average Bonchev–Trinajstić information content (AvgIpc) is 2.95. The number of carbonyl (C=O) groups is 1. The number of benzene rings is 3. The third kappa shape index (κ3) is 5.19. The van der Waals surface area contributed by atoms with Crippen LogP contribution in [0.2, 0.25) is 0 Å². The zero-order chi connectivity index (χ0) is 27.2. The molecule has 1 heterocycles. The molecule has 0 saturated heterocycles. The van der Waals surface area contributed by atoms with Gasteiger partial charge in [0.25, 0.3) is 5.56 Å². The first-order valence-corrected chi connectivity index (χ1v) is 11.9. The predicted molar refractivity (Wildman–Crippen MR) is 143 cm³/mol. The Morgan fingerprint density at radius 1 is 0.816 bits per heavy atom. The largest absolute Gasteiger partial charge is 0.497 e. The number of fused-ring (bicyclic) bond motifs is 1. The molecule has 4 aromatic rings. The van der Waals surface area contributed by atoms with Gasteiger partial charge in [-0.25, -0.2) is 9.36 Å². The molecule has 0 spiro atoms. The molecule has 4 rings (SSSR count). The number of aromatic nitrogens is 2. The molecule has 0 unspecified atom stereocenters. The van der Waals surface area contributed by atoms with Crippen LogP contribution in [0.1, 0.15) is 5.56 Å². The summed E-state index contributed by atoms with van der Waals surface area (Å²) < 4.78 is 23.5. The van der Waals surface area contributed by atoms with Crippen LogP contribution in [0, 0.1) is 0 Å². The minimum absolute atomic E-state index is 0.247. The van der Waals surface area contributed by atoms with E-state index in [2.05, 4.69) is 5.32 Å². The Hall–Kier alpha value is -4.73. The average molecular weight is 520 g/mol. The number of ether oxygens (including phenoxy) is 4. The van der Waals surface area contributed by atoms with Gasteiger partial charge in [-0.15, -0.1) is 0 Å². The molecule has 0 aliphatic rings. The highest BCUT2D eigenvalue weighted by Crippen LogP contribution is 2.28. The second kappa shape index (κ2) is 11.5. The Kier molecular flexibility index (Phi) is 8.00. The van der Waals surface area contributed by atoms with Crippen molar-refractivity contribution in [3.63, 3.8) is 0 Å². The molecule has 198 valence electrons. The lowest BCUT2D eigenvalue weighted by atomic mass is 10.1. The van der Waals surface area contributed by atoms with Gasteiger partial charge in [-0.05, 0) is 48.4 Å². The van der Waals surface area contributed by atoms with Gasteiger partial charge in [-0.1, -0.05) is 18.2 Å². The van der Waals surface area contributed by atoms with Crippen LogP contribution in [0.5, 0.6) is 23.0 Å². The van der Waals surface area contributed by atoms with Crippen molar-refractivity contribution in [2.24, 2.45) is 0 Å². The van der Waals surface area contributed by atoms with Gasteiger partial charge < -0.3 is 24.3 Å².